The van der Waals surface area contributed by atoms with Crippen molar-refractivity contribution < 1.29 is 4.79 Å². The highest BCUT2D eigenvalue weighted by molar-refractivity contribution is 5.73. The SMILES string of the molecule is CC(=O)N1CCC(NC2CC(C)N(C3CC3)C2)CC1. The van der Waals surface area contributed by atoms with Crippen LogP contribution < -0.4 is 5.32 Å². The van der Waals surface area contributed by atoms with E-state index < -0.39 is 0 Å². The Bertz CT molecular complexity index is 334. The predicted molar refractivity (Wildman–Crippen MR) is 76.0 cm³/mol. The lowest BCUT2D eigenvalue weighted by atomic mass is 10.0. The van der Waals surface area contributed by atoms with Crippen molar-refractivity contribution in [2.24, 2.45) is 0 Å². The maximum atomic E-state index is 11.3. The lowest BCUT2D eigenvalue weighted by Crippen LogP contribution is -2.48. The van der Waals surface area contributed by atoms with E-state index in [4.69, 9.17) is 0 Å². The fourth-order valence-corrected chi connectivity index (χ4v) is 3.79. The van der Waals surface area contributed by atoms with E-state index in [1.807, 2.05) is 4.90 Å². The molecule has 0 radical (unpaired) electrons. The van der Waals surface area contributed by atoms with E-state index in [0.717, 1.165) is 38.0 Å². The molecule has 2 unspecified atom stereocenters. The van der Waals surface area contributed by atoms with Crippen LogP contribution in [-0.4, -0.2) is 59.5 Å². The van der Waals surface area contributed by atoms with Gasteiger partial charge in [0.1, 0.15) is 0 Å². The summed E-state index contributed by atoms with van der Waals surface area (Å²) in [6, 6.07) is 2.93. The molecule has 108 valence electrons. The van der Waals surface area contributed by atoms with Gasteiger partial charge >= 0.3 is 0 Å². The minimum absolute atomic E-state index is 0.229. The van der Waals surface area contributed by atoms with Crippen LogP contribution in [-0.2, 0) is 4.79 Å². The van der Waals surface area contributed by atoms with Gasteiger partial charge in [-0.05, 0) is 39.0 Å². The molecule has 1 saturated carbocycles. The predicted octanol–water partition coefficient (Wildman–Crippen LogP) is 1.21. The molecule has 0 aromatic carbocycles. The van der Waals surface area contributed by atoms with Gasteiger partial charge in [0.15, 0.2) is 0 Å². The maximum absolute atomic E-state index is 11.3. The lowest BCUT2D eigenvalue weighted by Gasteiger charge is -2.33. The van der Waals surface area contributed by atoms with Gasteiger partial charge in [0.05, 0.1) is 0 Å². The molecule has 2 atom stereocenters. The van der Waals surface area contributed by atoms with Crippen molar-refractivity contribution in [1.82, 2.24) is 15.1 Å². The number of rotatable bonds is 3. The van der Waals surface area contributed by atoms with Crippen molar-refractivity contribution >= 4 is 5.91 Å². The smallest absolute Gasteiger partial charge is 0.219 e. The molecule has 4 heteroatoms. The largest absolute Gasteiger partial charge is 0.343 e. The van der Waals surface area contributed by atoms with Gasteiger partial charge in [-0.15, -0.1) is 0 Å². The minimum Gasteiger partial charge on any atom is -0.343 e. The van der Waals surface area contributed by atoms with E-state index in [-0.39, 0.29) is 5.91 Å². The summed E-state index contributed by atoms with van der Waals surface area (Å²) in [6.07, 6.45) is 6.35. The summed E-state index contributed by atoms with van der Waals surface area (Å²) in [5, 5.41) is 3.84. The molecule has 0 spiro atoms. The molecular formula is C15H27N3O. The first-order valence-electron chi connectivity index (χ1n) is 7.91. The Hall–Kier alpha value is -0.610. The second-order valence-corrected chi connectivity index (χ2v) is 6.66. The molecule has 4 nitrogen and oxygen atoms in total. The van der Waals surface area contributed by atoms with Crippen LogP contribution in [0.3, 0.4) is 0 Å². The molecule has 0 aromatic heterocycles. The first-order chi connectivity index (χ1) is 9.13. The van der Waals surface area contributed by atoms with Crippen LogP contribution >= 0.6 is 0 Å². The van der Waals surface area contributed by atoms with Gasteiger partial charge in [0.25, 0.3) is 0 Å². The molecule has 1 N–H and O–H groups in total. The van der Waals surface area contributed by atoms with Gasteiger partial charge < -0.3 is 10.2 Å². The number of amides is 1. The molecule has 2 aliphatic heterocycles. The number of hydrogen-bond acceptors (Lipinski definition) is 3. The third-order valence-corrected chi connectivity index (χ3v) is 5.05. The van der Waals surface area contributed by atoms with Crippen LogP contribution in [0.5, 0.6) is 0 Å². The Morgan fingerprint density at radius 1 is 1.11 bits per heavy atom. The Labute approximate surface area is 116 Å². The molecule has 1 aliphatic carbocycles. The molecule has 3 fully saturated rings. The Balaban J connectivity index is 1.44. The molecular weight excluding hydrogens is 238 g/mol. The topological polar surface area (TPSA) is 35.6 Å². The summed E-state index contributed by atoms with van der Waals surface area (Å²) in [5.41, 5.74) is 0. The fraction of sp³-hybridized carbons (Fsp3) is 0.933. The van der Waals surface area contributed by atoms with Gasteiger partial charge in [-0.1, -0.05) is 0 Å². The zero-order valence-corrected chi connectivity index (χ0v) is 12.3. The van der Waals surface area contributed by atoms with Crippen molar-refractivity contribution in [1.29, 1.82) is 0 Å². The van der Waals surface area contributed by atoms with Crippen LogP contribution in [0.25, 0.3) is 0 Å². The molecule has 3 aliphatic rings. The number of piperidine rings is 1. The van der Waals surface area contributed by atoms with Crippen LogP contribution in [0.4, 0.5) is 0 Å². The molecule has 1 amide bonds. The first kappa shape index (κ1) is 13.4. The lowest BCUT2D eigenvalue weighted by molar-refractivity contribution is -0.129. The molecule has 19 heavy (non-hydrogen) atoms. The standard InChI is InChI=1S/C15H27N3O/c1-11-9-14(10-18(11)15-3-4-15)16-13-5-7-17(8-6-13)12(2)19/h11,13-16H,3-10H2,1-2H3. The summed E-state index contributed by atoms with van der Waals surface area (Å²) in [7, 11) is 0. The van der Waals surface area contributed by atoms with Crippen LogP contribution in [0.15, 0.2) is 0 Å². The van der Waals surface area contributed by atoms with Crippen molar-refractivity contribution in [2.45, 2.75) is 70.1 Å². The molecule has 3 rings (SSSR count). The van der Waals surface area contributed by atoms with Crippen LogP contribution in [0.1, 0.15) is 46.0 Å². The van der Waals surface area contributed by atoms with Gasteiger partial charge in [-0.2, -0.15) is 0 Å². The number of hydrogen-bond donors (Lipinski definition) is 1. The highest BCUT2D eigenvalue weighted by atomic mass is 16.2. The highest BCUT2D eigenvalue weighted by Gasteiger charge is 2.39. The van der Waals surface area contributed by atoms with E-state index in [9.17, 15) is 4.79 Å². The highest BCUT2D eigenvalue weighted by Crippen LogP contribution is 2.33. The van der Waals surface area contributed by atoms with Gasteiger partial charge in [0.2, 0.25) is 5.91 Å². The van der Waals surface area contributed by atoms with Crippen LogP contribution in [0, 0.1) is 0 Å². The molecule has 0 aromatic rings. The normalized spacial score (nSPS) is 33.9. The van der Waals surface area contributed by atoms with E-state index in [1.54, 1.807) is 6.92 Å². The third kappa shape index (κ3) is 3.11. The van der Waals surface area contributed by atoms with E-state index in [1.165, 1.54) is 25.8 Å². The second-order valence-electron chi connectivity index (χ2n) is 6.66. The van der Waals surface area contributed by atoms with E-state index in [2.05, 4.69) is 17.1 Å². The van der Waals surface area contributed by atoms with Crippen LogP contribution in [0.2, 0.25) is 0 Å². The average molecular weight is 265 g/mol. The first-order valence-corrected chi connectivity index (χ1v) is 7.91. The minimum atomic E-state index is 0.229. The zero-order chi connectivity index (χ0) is 13.4. The molecule has 0 bridgehead atoms. The number of nitrogens with zero attached hydrogens (tertiary/aromatic N) is 2. The Morgan fingerprint density at radius 3 is 2.37 bits per heavy atom. The van der Waals surface area contributed by atoms with Gasteiger partial charge in [-0.25, -0.2) is 0 Å². The van der Waals surface area contributed by atoms with E-state index >= 15 is 0 Å². The van der Waals surface area contributed by atoms with E-state index in [0.29, 0.717) is 12.1 Å². The maximum Gasteiger partial charge on any atom is 0.219 e. The van der Waals surface area contributed by atoms with Crippen molar-refractivity contribution in [2.75, 3.05) is 19.6 Å². The quantitative estimate of drug-likeness (QED) is 0.833. The summed E-state index contributed by atoms with van der Waals surface area (Å²) in [6.45, 7) is 7.15. The average Bonchev–Trinajstić information content (AvgIpc) is 3.15. The summed E-state index contributed by atoms with van der Waals surface area (Å²) in [4.78, 5) is 16.0. The number of carbonyl (C=O) groups excluding carboxylic acids is 1. The summed E-state index contributed by atoms with van der Waals surface area (Å²) < 4.78 is 0. The van der Waals surface area contributed by atoms with Crippen molar-refractivity contribution in [3.63, 3.8) is 0 Å². The van der Waals surface area contributed by atoms with Crippen molar-refractivity contribution in [3.05, 3.63) is 0 Å². The van der Waals surface area contributed by atoms with Gasteiger partial charge in [0, 0.05) is 50.7 Å². The summed E-state index contributed by atoms with van der Waals surface area (Å²) in [5.74, 6) is 0.229. The Morgan fingerprint density at radius 2 is 1.79 bits per heavy atom. The van der Waals surface area contributed by atoms with Crippen molar-refractivity contribution in [3.8, 4) is 0 Å². The van der Waals surface area contributed by atoms with Gasteiger partial charge in [-0.3, -0.25) is 9.69 Å². The number of carbonyl (C=O) groups is 1. The zero-order valence-electron chi connectivity index (χ0n) is 12.3. The third-order valence-electron chi connectivity index (χ3n) is 5.05. The summed E-state index contributed by atoms with van der Waals surface area (Å²) >= 11 is 0. The Kier molecular flexibility index (Phi) is 3.81. The number of nitrogens with one attached hydrogen (secondary N) is 1. The second kappa shape index (κ2) is 5.41. The molecule has 2 heterocycles. The molecule has 2 saturated heterocycles. The fourth-order valence-electron chi connectivity index (χ4n) is 3.79. The monoisotopic (exact) mass is 265 g/mol. The number of likely N-dealkylation sites (tertiary alicyclic amines) is 2.